The van der Waals surface area contributed by atoms with E-state index in [9.17, 15) is 50.6 Å². The fourth-order valence-corrected chi connectivity index (χ4v) is 3.52. The summed E-state index contributed by atoms with van der Waals surface area (Å²) in [6.45, 7) is 2.03. The Hall–Kier alpha value is -5.08. The quantitative estimate of drug-likeness (QED) is 0.224. The van der Waals surface area contributed by atoms with Gasteiger partial charge in [-0.25, -0.2) is 14.4 Å². The van der Waals surface area contributed by atoms with Crippen molar-refractivity contribution >= 4 is 29.5 Å². The van der Waals surface area contributed by atoms with E-state index < -0.39 is 70.6 Å². The minimum absolute atomic E-state index is 0.0157. The second-order valence-corrected chi connectivity index (χ2v) is 8.59. The Kier molecular flexibility index (Phi) is 10.0. The number of anilines is 1. The van der Waals surface area contributed by atoms with Crippen LogP contribution in [0.1, 0.15) is 38.8 Å². The van der Waals surface area contributed by atoms with Gasteiger partial charge in [0.15, 0.2) is 0 Å². The van der Waals surface area contributed by atoms with Gasteiger partial charge in [-0.1, -0.05) is 12.1 Å². The fourth-order valence-electron chi connectivity index (χ4n) is 3.52. The Labute approximate surface area is 239 Å². The highest BCUT2D eigenvalue weighted by atomic mass is 19.4. The fraction of sp³-hybridized carbons (Fsp3) is 0.214. The summed E-state index contributed by atoms with van der Waals surface area (Å²) >= 11 is 0. The molecular weight excluding hydrogens is 592 g/mol. The maximum Gasteiger partial charge on any atom is 0.416 e. The van der Waals surface area contributed by atoms with Crippen molar-refractivity contribution < 1.29 is 64.8 Å². The number of carbonyl (C=O) groups is 4. The van der Waals surface area contributed by atoms with Crippen molar-refractivity contribution in [2.45, 2.75) is 31.5 Å². The number of nitrogens with one attached hydrogen (secondary N) is 1. The molecule has 0 aromatic heterocycles. The van der Waals surface area contributed by atoms with Crippen LogP contribution >= 0.6 is 0 Å². The average Bonchev–Trinajstić information content (AvgIpc) is 2.95. The van der Waals surface area contributed by atoms with Crippen LogP contribution in [0.5, 0.6) is 5.75 Å². The van der Waals surface area contributed by atoms with E-state index in [0.29, 0.717) is 36.6 Å². The van der Waals surface area contributed by atoms with Crippen molar-refractivity contribution in [2.75, 3.05) is 11.9 Å². The minimum atomic E-state index is -4.87. The molecule has 0 saturated heterocycles. The lowest BCUT2D eigenvalue weighted by atomic mass is 10.1. The van der Waals surface area contributed by atoms with Crippen LogP contribution in [-0.2, 0) is 31.4 Å². The topological polar surface area (TPSA) is 128 Å². The molecule has 228 valence electrons. The molecule has 0 saturated carbocycles. The Morgan fingerprint density at radius 2 is 1.21 bits per heavy atom. The molecule has 15 heteroatoms. The van der Waals surface area contributed by atoms with Gasteiger partial charge in [0, 0.05) is 5.69 Å². The number of rotatable bonds is 10. The van der Waals surface area contributed by atoms with Gasteiger partial charge in [-0.2, -0.15) is 26.3 Å². The molecule has 3 aromatic carbocycles. The molecule has 0 aliphatic carbocycles. The lowest BCUT2D eigenvalue weighted by molar-refractivity contribution is -0.157. The molecule has 9 nitrogen and oxygen atoms in total. The molecule has 3 aromatic rings. The van der Waals surface area contributed by atoms with Crippen molar-refractivity contribution in [3.63, 3.8) is 0 Å². The molecule has 0 heterocycles. The van der Waals surface area contributed by atoms with E-state index in [2.05, 4.69) is 5.32 Å². The number of ether oxygens (including phenoxy) is 3. The number of carboxylic acid groups (broad SMARTS) is 1. The molecule has 0 aliphatic heterocycles. The number of hydrogen-bond donors (Lipinski definition) is 2. The molecule has 2 N–H and O–H groups in total. The van der Waals surface area contributed by atoms with Crippen LogP contribution in [0.25, 0.3) is 0 Å². The predicted molar refractivity (Wildman–Crippen MR) is 135 cm³/mol. The molecular formula is C28H21F6NO8. The van der Waals surface area contributed by atoms with E-state index in [-0.39, 0.29) is 5.69 Å². The number of carbonyl (C=O) groups excluding carboxylic acids is 3. The van der Waals surface area contributed by atoms with E-state index in [4.69, 9.17) is 14.2 Å². The van der Waals surface area contributed by atoms with Crippen molar-refractivity contribution in [1.82, 2.24) is 0 Å². The monoisotopic (exact) mass is 613 g/mol. The van der Waals surface area contributed by atoms with Gasteiger partial charge in [-0.05, 0) is 67.6 Å². The number of aliphatic carboxylic acids is 1. The Bertz CT molecular complexity index is 1490. The first-order chi connectivity index (χ1) is 20.1. The van der Waals surface area contributed by atoms with Gasteiger partial charge in [0.2, 0.25) is 12.2 Å². The largest absolute Gasteiger partial charge is 0.494 e. The number of carboxylic acids is 1. The molecule has 1 amide bonds. The summed E-state index contributed by atoms with van der Waals surface area (Å²) in [6, 6.07) is 11.0. The SMILES string of the molecule is CCOc1ccc(NC(=O)[C@H](OC(=O)c2cccc(C(F)(F)F)c2)[C@H](OC(=O)c2cccc(C(F)(F)F)c2)C(=O)O)cc1. The van der Waals surface area contributed by atoms with Gasteiger partial charge < -0.3 is 24.6 Å². The van der Waals surface area contributed by atoms with Gasteiger partial charge in [-0.3, -0.25) is 4.79 Å². The Morgan fingerprint density at radius 1 is 0.744 bits per heavy atom. The van der Waals surface area contributed by atoms with E-state index in [1.165, 1.54) is 24.3 Å². The number of amides is 1. The van der Waals surface area contributed by atoms with Crippen LogP contribution in [-0.4, -0.2) is 47.7 Å². The number of halogens is 6. The van der Waals surface area contributed by atoms with Gasteiger partial charge in [0.25, 0.3) is 5.91 Å². The minimum Gasteiger partial charge on any atom is -0.494 e. The molecule has 0 bridgehead atoms. The summed E-state index contributed by atoms with van der Waals surface area (Å²) in [5, 5.41) is 12.0. The number of esters is 2. The third-order valence-corrected chi connectivity index (χ3v) is 5.53. The van der Waals surface area contributed by atoms with E-state index >= 15 is 0 Å². The first-order valence-electron chi connectivity index (χ1n) is 12.1. The zero-order valence-corrected chi connectivity index (χ0v) is 21.9. The summed E-state index contributed by atoms with van der Waals surface area (Å²) in [5.74, 6) is -6.30. The van der Waals surface area contributed by atoms with E-state index in [0.717, 1.165) is 24.3 Å². The van der Waals surface area contributed by atoms with Crippen LogP contribution in [0.3, 0.4) is 0 Å². The van der Waals surface area contributed by atoms with Gasteiger partial charge >= 0.3 is 30.3 Å². The second-order valence-electron chi connectivity index (χ2n) is 8.59. The number of hydrogen-bond acceptors (Lipinski definition) is 7. The second kappa shape index (κ2) is 13.3. The number of benzene rings is 3. The average molecular weight is 613 g/mol. The zero-order chi connectivity index (χ0) is 31.9. The Balaban J connectivity index is 1.96. The van der Waals surface area contributed by atoms with Crippen LogP contribution < -0.4 is 10.1 Å². The first-order valence-corrected chi connectivity index (χ1v) is 12.1. The highest BCUT2D eigenvalue weighted by molar-refractivity contribution is 6.01. The van der Waals surface area contributed by atoms with Crippen molar-refractivity contribution in [3.8, 4) is 5.75 Å². The van der Waals surface area contributed by atoms with Crippen LogP contribution in [0.15, 0.2) is 72.8 Å². The Morgan fingerprint density at radius 3 is 1.63 bits per heavy atom. The predicted octanol–water partition coefficient (Wildman–Crippen LogP) is 5.60. The van der Waals surface area contributed by atoms with Crippen molar-refractivity contribution in [1.29, 1.82) is 0 Å². The summed E-state index contributed by atoms with van der Waals surface area (Å²) in [7, 11) is 0. The van der Waals surface area contributed by atoms with E-state index in [1.54, 1.807) is 6.92 Å². The smallest absolute Gasteiger partial charge is 0.416 e. The highest BCUT2D eigenvalue weighted by Crippen LogP contribution is 2.31. The van der Waals surface area contributed by atoms with Crippen molar-refractivity contribution in [2.24, 2.45) is 0 Å². The normalized spacial score (nSPS) is 12.9. The molecule has 43 heavy (non-hydrogen) atoms. The van der Waals surface area contributed by atoms with Crippen LogP contribution in [0.2, 0.25) is 0 Å². The third-order valence-electron chi connectivity index (χ3n) is 5.53. The van der Waals surface area contributed by atoms with Crippen LogP contribution in [0, 0.1) is 0 Å². The highest BCUT2D eigenvalue weighted by Gasteiger charge is 2.42. The maximum atomic E-state index is 13.2. The van der Waals surface area contributed by atoms with E-state index in [1.807, 2.05) is 0 Å². The molecule has 0 radical (unpaired) electrons. The summed E-state index contributed by atoms with van der Waals surface area (Å²) in [6.07, 6.45) is -14.9. The number of alkyl halides is 6. The van der Waals surface area contributed by atoms with Gasteiger partial charge in [0.1, 0.15) is 5.75 Å². The maximum absolute atomic E-state index is 13.2. The standard InChI is InChI=1S/C28H21F6NO8/c1-2-41-20-11-9-19(10-12-20)35-23(36)21(42-25(39)15-5-3-7-17(13-15)27(29,30)31)22(24(37)38)43-26(40)16-6-4-8-18(14-16)28(32,33)34/h3-14,21-22H,2H2,1H3,(H,35,36)(H,37,38)/t21-,22+/m1/s1. The molecule has 0 fully saturated rings. The van der Waals surface area contributed by atoms with Gasteiger partial charge in [0.05, 0.1) is 28.9 Å². The lowest BCUT2D eigenvalue weighted by Gasteiger charge is -2.24. The first kappa shape index (κ1) is 32.4. The summed E-state index contributed by atoms with van der Waals surface area (Å²) < 4.78 is 93.8. The molecule has 3 rings (SSSR count). The molecule has 0 aliphatic rings. The molecule has 0 unspecified atom stereocenters. The van der Waals surface area contributed by atoms with Crippen molar-refractivity contribution in [3.05, 3.63) is 95.1 Å². The van der Waals surface area contributed by atoms with Crippen LogP contribution in [0.4, 0.5) is 32.0 Å². The summed E-state index contributed by atoms with van der Waals surface area (Å²) in [5.41, 5.74) is -4.00. The van der Waals surface area contributed by atoms with Gasteiger partial charge in [-0.15, -0.1) is 0 Å². The third kappa shape index (κ3) is 8.70. The lowest BCUT2D eigenvalue weighted by Crippen LogP contribution is -2.48. The summed E-state index contributed by atoms with van der Waals surface area (Å²) in [4.78, 5) is 50.8. The molecule has 0 spiro atoms. The molecule has 2 atom stereocenters. The zero-order valence-electron chi connectivity index (χ0n) is 21.9.